The van der Waals surface area contributed by atoms with Crippen LogP contribution in [0.4, 0.5) is 5.69 Å². The Hall–Kier alpha value is -2.87. The number of carbonyl (C=O) groups excluding carboxylic acids is 2. The molecule has 0 saturated carbocycles. The fraction of sp³-hybridized carbons (Fsp3) is 0.421. The minimum Gasteiger partial charge on any atom is -0.466 e. The van der Waals surface area contributed by atoms with E-state index in [1.807, 2.05) is 18.2 Å². The van der Waals surface area contributed by atoms with Crippen molar-refractivity contribution < 1.29 is 19.4 Å². The van der Waals surface area contributed by atoms with Crippen molar-refractivity contribution in [2.75, 3.05) is 32.1 Å². The minimum atomic E-state index is -0.562. The molecule has 3 N–H and O–H groups in total. The first-order valence-electron chi connectivity index (χ1n) is 8.90. The number of ether oxygens (including phenoxy) is 1. The van der Waals surface area contributed by atoms with E-state index in [0.717, 1.165) is 23.3 Å². The Morgan fingerprint density at radius 3 is 2.89 bits per heavy atom. The zero-order chi connectivity index (χ0) is 19.6. The van der Waals surface area contributed by atoms with E-state index < -0.39 is 5.97 Å². The molecule has 1 aliphatic heterocycles. The van der Waals surface area contributed by atoms with Gasteiger partial charge in [0.1, 0.15) is 11.5 Å². The van der Waals surface area contributed by atoms with E-state index in [-0.39, 0.29) is 36.9 Å². The largest absolute Gasteiger partial charge is 0.466 e. The lowest BCUT2D eigenvalue weighted by Gasteiger charge is -2.15. The highest BCUT2D eigenvalue weighted by Gasteiger charge is 2.34. The van der Waals surface area contributed by atoms with Crippen molar-refractivity contribution in [3.05, 3.63) is 35.3 Å². The molecular weight excluding hydrogens is 348 g/mol. The fourth-order valence-electron chi connectivity index (χ4n) is 3.12. The lowest BCUT2D eigenvalue weighted by atomic mass is 10.1. The van der Waals surface area contributed by atoms with Gasteiger partial charge in [-0.05, 0) is 24.1 Å². The van der Waals surface area contributed by atoms with Gasteiger partial charge in [0.05, 0.1) is 36.9 Å². The topological polar surface area (TPSA) is 108 Å². The van der Waals surface area contributed by atoms with E-state index in [1.54, 1.807) is 0 Å². The molecule has 1 aliphatic rings. The quantitative estimate of drug-likeness (QED) is 0.635. The maximum atomic E-state index is 12.6. The van der Waals surface area contributed by atoms with Crippen LogP contribution < -0.4 is 5.32 Å². The summed E-state index contributed by atoms with van der Waals surface area (Å²) in [6.07, 6.45) is 0.851. The van der Waals surface area contributed by atoms with E-state index in [0.29, 0.717) is 11.6 Å². The van der Waals surface area contributed by atoms with Gasteiger partial charge in [-0.25, -0.2) is 9.78 Å². The van der Waals surface area contributed by atoms with Gasteiger partial charge in [-0.3, -0.25) is 4.79 Å². The first kappa shape index (κ1) is 18.9. The number of hydrogen-bond donors (Lipinski definition) is 3. The molecule has 0 spiro atoms. The Morgan fingerprint density at radius 1 is 1.44 bits per heavy atom. The predicted octanol–water partition coefficient (Wildman–Crippen LogP) is 1.43. The number of fused-ring (bicyclic) bond motifs is 1. The van der Waals surface area contributed by atoms with E-state index in [2.05, 4.69) is 29.1 Å². The minimum absolute atomic E-state index is 0.110. The molecule has 0 bridgehead atoms. The Morgan fingerprint density at radius 2 is 2.22 bits per heavy atom. The number of esters is 1. The zero-order valence-corrected chi connectivity index (χ0v) is 15.7. The van der Waals surface area contributed by atoms with Gasteiger partial charge >= 0.3 is 5.97 Å². The Labute approximate surface area is 157 Å². The van der Waals surface area contributed by atoms with Crippen LogP contribution in [0, 0.1) is 5.92 Å². The molecule has 2 heterocycles. The zero-order valence-electron chi connectivity index (χ0n) is 15.7. The summed E-state index contributed by atoms with van der Waals surface area (Å²) >= 11 is 0. The van der Waals surface area contributed by atoms with Crippen molar-refractivity contribution in [3.8, 4) is 0 Å². The molecule has 0 unspecified atom stereocenters. The molecule has 0 saturated heterocycles. The van der Waals surface area contributed by atoms with Crippen LogP contribution in [-0.2, 0) is 20.7 Å². The third-order valence-electron chi connectivity index (χ3n) is 4.36. The van der Waals surface area contributed by atoms with Crippen molar-refractivity contribution in [1.82, 2.24) is 14.9 Å². The summed E-state index contributed by atoms with van der Waals surface area (Å²) in [5.74, 6) is 0.505. The highest BCUT2D eigenvalue weighted by Crippen LogP contribution is 2.25. The summed E-state index contributed by atoms with van der Waals surface area (Å²) in [6, 6.07) is 5.53. The smallest absolute Gasteiger partial charge is 0.337 e. The second-order valence-corrected chi connectivity index (χ2v) is 6.93. The van der Waals surface area contributed by atoms with Crippen LogP contribution in [0.25, 0.3) is 11.0 Å². The van der Waals surface area contributed by atoms with Crippen LogP contribution in [-0.4, -0.2) is 58.7 Å². The van der Waals surface area contributed by atoms with Crippen LogP contribution in [0.3, 0.4) is 0 Å². The van der Waals surface area contributed by atoms with Crippen molar-refractivity contribution in [3.63, 3.8) is 0 Å². The second kappa shape index (κ2) is 7.79. The molecule has 2 aromatic rings. The maximum absolute atomic E-state index is 12.6. The number of H-pyrrole nitrogens is 1. The average Bonchev–Trinajstić information content (AvgIpc) is 3.15. The molecule has 0 aliphatic carbocycles. The Kier molecular flexibility index (Phi) is 5.46. The monoisotopic (exact) mass is 372 g/mol. The first-order valence-corrected chi connectivity index (χ1v) is 8.90. The fourth-order valence-corrected chi connectivity index (χ4v) is 3.12. The molecule has 1 aromatic heterocycles. The molecule has 8 heteroatoms. The van der Waals surface area contributed by atoms with Crippen LogP contribution in [0.1, 0.15) is 19.7 Å². The van der Waals surface area contributed by atoms with Crippen molar-refractivity contribution >= 4 is 28.6 Å². The second-order valence-electron chi connectivity index (χ2n) is 6.93. The number of aliphatic hydroxyl groups is 1. The highest BCUT2D eigenvalue weighted by molar-refractivity contribution is 6.08. The molecule has 27 heavy (non-hydrogen) atoms. The SMILES string of the molecule is COC(=O)C1=C(Nc2ccc3nc(CC(C)C)[nH]c3c2)C(=O)N(CCO)C1. The summed E-state index contributed by atoms with van der Waals surface area (Å²) in [7, 11) is 1.28. The Bertz CT molecular complexity index is 900. The summed E-state index contributed by atoms with van der Waals surface area (Å²) in [4.78, 5) is 33.9. The van der Waals surface area contributed by atoms with Crippen LogP contribution in [0.15, 0.2) is 29.5 Å². The molecule has 1 amide bonds. The van der Waals surface area contributed by atoms with E-state index in [9.17, 15) is 9.59 Å². The lowest BCUT2D eigenvalue weighted by Crippen LogP contribution is -2.31. The first-order chi connectivity index (χ1) is 12.9. The van der Waals surface area contributed by atoms with Gasteiger partial charge in [-0.1, -0.05) is 13.8 Å². The van der Waals surface area contributed by atoms with Gasteiger partial charge in [0.2, 0.25) is 0 Å². The number of nitrogens with one attached hydrogen (secondary N) is 2. The number of anilines is 1. The average molecular weight is 372 g/mol. The molecule has 0 fully saturated rings. The summed E-state index contributed by atoms with van der Waals surface area (Å²) in [6.45, 7) is 4.35. The highest BCUT2D eigenvalue weighted by atomic mass is 16.5. The molecule has 1 aromatic carbocycles. The number of methoxy groups -OCH3 is 1. The van der Waals surface area contributed by atoms with E-state index >= 15 is 0 Å². The van der Waals surface area contributed by atoms with Crippen molar-refractivity contribution in [2.45, 2.75) is 20.3 Å². The van der Waals surface area contributed by atoms with Crippen LogP contribution in [0.2, 0.25) is 0 Å². The van der Waals surface area contributed by atoms with Crippen molar-refractivity contribution in [1.29, 1.82) is 0 Å². The lowest BCUT2D eigenvalue weighted by molar-refractivity contribution is -0.136. The maximum Gasteiger partial charge on any atom is 0.337 e. The number of benzene rings is 1. The third-order valence-corrected chi connectivity index (χ3v) is 4.36. The van der Waals surface area contributed by atoms with E-state index in [4.69, 9.17) is 9.84 Å². The standard InChI is InChI=1S/C19H24N4O4/c1-11(2)8-16-21-14-5-4-12(9-15(14)22-16)20-17-13(19(26)27-3)10-23(6-7-24)18(17)25/h4-5,9,11,20,24H,6-8,10H2,1-3H3,(H,21,22). The summed E-state index contributed by atoms with van der Waals surface area (Å²) in [5, 5.41) is 12.2. The van der Waals surface area contributed by atoms with Gasteiger partial charge in [0.25, 0.3) is 5.91 Å². The van der Waals surface area contributed by atoms with Crippen molar-refractivity contribution in [2.24, 2.45) is 5.92 Å². The van der Waals surface area contributed by atoms with Crippen LogP contribution >= 0.6 is 0 Å². The number of imidazole rings is 1. The van der Waals surface area contributed by atoms with Gasteiger partial charge < -0.3 is 25.0 Å². The number of aliphatic hydroxyl groups excluding tert-OH is 1. The Balaban J connectivity index is 1.89. The third kappa shape index (κ3) is 3.95. The molecule has 0 radical (unpaired) electrons. The van der Waals surface area contributed by atoms with Gasteiger partial charge in [-0.15, -0.1) is 0 Å². The normalized spacial score (nSPS) is 14.6. The number of hydrogen-bond acceptors (Lipinski definition) is 6. The number of aromatic amines is 1. The number of rotatable bonds is 7. The molecule has 144 valence electrons. The predicted molar refractivity (Wildman–Crippen MR) is 101 cm³/mol. The van der Waals surface area contributed by atoms with Gasteiger partial charge in [-0.2, -0.15) is 0 Å². The summed E-state index contributed by atoms with van der Waals surface area (Å²) < 4.78 is 4.79. The summed E-state index contributed by atoms with van der Waals surface area (Å²) in [5.41, 5.74) is 2.79. The number of β-amino-alcohol motifs (C(OH)–C–C–N with tert-alkyl or cyclic N) is 1. The van der Waals surface area contributed by atoms with Crippen LogP contribution in [0.5, 0.6) is 0 Å². The number of aromatic nitrogens is 2. The molecular formula is C19H24N4O4. The number of nitrogens with zero attached hydrogens (tertiary/aromatic N) is 2. The molecule has 8 nitrogen and oxygen atoms in total. The van der Waals surface area contributed by atoms with E-state index in [1.165, 1.54) is 12.0 Å². The van der Waals surface area contributed by atoms with Gasteiger partial charge in [0, 0.05) is 18.7 Å². The molecule has 0 atom stereocenters. The van der Waals surface area contributed by atoms with Gasteiger partial charge in [0.15, 0.2) is 0 Å². The number of amides is 1. The number of carbonyl (C=O) groups is 2. The molecule has 3 rings (SSSR count).